The fourth-order valence-electron chi connectivity index (χ4n) is 2.19. The van der Waals surface area contributed by atoms with Gasteiger partial charge in [0.15, 0.2) is 5.75 Å². The molecule has 0 aliphatic carbocycles. The second kappa shape index (κ2) is 7.49. The normalized spacial score (nSPS) is 10.5. The van der Waals surface area contributed by atoms with Crippen molar-refractivity contribution < 1.29 is 13.9 Å². The van der Waals surface area contributed by atoms with E-state index in [2.05, 4.69) is 0 Å². The Morgan fingerprint density at radius 1 is 1.36 bits per heavy atom. The molecule has 0 unspecified atom stereocenters. The van der Waals surface area contributed by atoms with Crippen LogP contribution in [0.15, 0.2) is 45.9 Å². The number of carbonyl (C=O) groups is 1. The van der Waals surface area contributed by atoms with Crippen LogP contribution in [0, 0.1) is 0 Å². The van der Waals surface area contributed by atoms with E-state index in [1.165, 1.54) is 11.7 Å². The van der Waals surface area contributed by atoms with Gasteiger partial charge in [-0.3, -0.25) is 9.59 Å². The first-order valence-electron chi connectivity index (χ1n) is 7.19. The summed E-state index contributed by atoms with van der Waals surface area (Å²) in [7, 11) is 1.43. The average Bonchev–Trinajstić information content (AvgIpc) is 3.02. The topological polar surface area (TPSA) is 64.7 Å². The van der Waals surface area contributed by atoms with Gasteiger partial charge in [0.25, 0.3) is 5.56 Å². The van der Waals surface area contributed by atoms with E-state index in [1.54, 1.807) is 35.6 Å². The lowest BCUT2D eigenvalue weighted by molar-refractivity contribution is -0.132. The lowest BCUT2D eigenvalue weighted by atomic mass is 10.3. The standard InChI is InChI=1S/C16H20N2O4/c1-3-8-17(11-13-6-5-10-22-13)15(19)12-18-9-4-7-14(21-2)16(18)20/h4-7,9-10H,3,8,11-12H2,1-2H3. The molecule has 0 atom stereocenters. The van der Waals surface area contributed by atoms with Gasteiger partial charge in [-0.25, -0.2) is 0 Å². The zero-order valence-corrected chi connectivity index (χ0v) is 12.8. The number of rotatable bonds is 7. The number of aromatic nitrogens is 1. The van der Waals surface area contributed by atoms with Gasteiger partial charge in [-0.15, -0.1) is 0 Å². The number of furan rings is 1. The van der Waals surface area contributed by atoms with E-state index >= 15 is 0 Å². The molecule has 118 valence electrons. The molecular weight excluding hydrogens is 284 g/mol. The van der Waals surface area contributed by atoms with Crippen molar-refractivity contribution in [3.8, 4) is 5.75 Å². The van der Waals surface area contributed by atoms with Crippen LogP contribution < -0.4 is 10.3 Å². The van der Waals surface area contributed by atoms with E-state index in [0.29, 0.717) is 13.1 Å². The van der Waals surface area contributed by atoms with Gasteiger partial charge in [0.05, 0.1) is 19.9 Å². The minimum absolute atomic E-state index is 0.0171. The van der Waals surface area contributed by atoms with Crippen molar-refractivity contribution in [3.05, 3.63) is 52.8 Å². The van der Waals surface area contributed by atoms with Crippen LogP contribution in [-0.2, 0) is 17.9 Å². The summed E-state index contributed by atoms with van der Waals surface area (Å²) in [6, 6.07) is 6.88. The molecule has 0 aromatic carbocycles. The van der Waals surface area contributed by atoms with Crippen LogP contribution in [0.1, 0.15) is 19.1 Å². The summed E-state index contributed by atoms with van der Waals surface area (Å²) >= 11 is 0. The summed E-state index contributed by atoms with van der Waals surface area (Å²) in [6.45, 7) is 2.99. The van der Waals surface area contributed by atoms with Crippen molar-refractivity contribution in [1.82, 2.24) is 9.47 Å². The molecular formula is C16H20N2O4. The van der Waals surface area contributed by atoms with Gasteiger partial charge >= 0.3 is 0 Å². The molecule has 2 aromatic rings. The van der Waals surface area contributed by atoms with Crippen LogP contribution in [0.3, 0.4) is 0 Å². The second-order valence-corrected chi connectivity index (χ2v) is 4.90. The number of methoxy groups -OCH3 is 1. The molecule has 0 saturated carbocycles. The highest BCUT2D eigenvalue weighted by molar-refractivity contribution is 5.76. The Balaban J connectivity index is 2.12. The first kappa shape index (κ1) is 15.9. The number of amides is 1. The van der Waals surface area contributed by atoms with E-state index in [-0.39, 0.29) is 23.8 Å². The summed E-state index contributed by atoms with van der Waals surface area (Å²) in [5.74, 6) is 0.816. The van der Waals surface area contributed by atoms with Gasteiger partial charge in [0.1, 0.15) is 12.3 Å². The van der Waals surface area contributed by atoms with E-state index in [4.69, 9.17) is 9.15 Å². The largest absolute Gasteiger partial charge is 0.491 e. The van der Waals surface area contributed by atoms with E-state index in [1.807, 2.05) is 13.0 Å². The van der Waals surface area contributed by atoms with Crippen LogP contribution in [0.5, 0.6) is 5.75 Å². The summed E-state index contributed by atoms with van der Waals surface area (Å²) < 4.78 is 11.6. The SMILES string of the molecule is CCCN(Cc1ccco1)C(=O)Cn1cccc(OC)c1=O. The van der Waals surface area contributed by atoms with Gasteiger partial charge in [0.2, 0.25) is 5.91 Å². The smallest absolute Gasteiger partial charge is 0.293 e. The highest BCUT2D eigenvalue weighted by atomic mass is 16.5. The Morgan fingerprint density at radius 2 is 2.18 bits per heavy atom. The molecule has 0 aliphatic rings. The number of nitrogens with zero attached hydrogens (tertiary/aromatic N) is 2. The minimum Gasteiger partial charge on any atom is -0.491 e. The third-order valence-electron chi connectivity index (χ3n) is 3.28. The first-order chi connectivity index (χ1) is 10.7. The molecule has 2 heterocycles. The number of pyridine rings is 1. The van der Waals surface area contributed by atoms with Crippen LogP contribution in [0.2, 0.25) is 0 Å². The Bertz CT molecular complexity index is 661. The first-order valence-corrected chi connectivity index (χ1v) is 7.19. The number of carbonyl (C=O) groups excluding carboxylic acids is 1. The summed E-state index contributed by atoms with van der Waals surface area (Å²) in [4.78, 5) is 26.2. The highest BCUT2D eigenvalue weighted by Crippen LogP contribution is 2.08. The molecule has 1 amide bonds. The molecule has 0 saturated heterocycles. The fourth-order valence-corrected chi connectivity index (χ4v) is 2.19. The highest BCUT2D eigenvalue weighted by Gasteiger charge is 2.16. The van der Waals surface area contributed by atoms with E-state index in [0.717, 1.165) is 12.2 Å². The number of hydrogen-bond acceptors (Lipinski definition) is 4. The summed E-state index contributed by atoms with van der Waals surface area (Å²) in [5, 5.41) is 0. The Hall–Kier alpha value is -2.50. The Kier molecular flexibility index (Phi) is 5.41. The monoisotopic (exact) mass is 304 g/mol. The average molecular weight is 304 g/mol. The van der Waals surface area contributed by atoms with Crippen molar-refractivity contribution in [2.75, 3.05) is 13.7 Å². The van der Waals surface area contributed by atoms with Crippen LogP contribution in [0.4, 0.5) is 0 Å². The molecule has 0 radical (unpaired) electrons. The van der Waals surface area contributed by atoms with Gasteiger partial charge in [-0.05, 0) is 30.7 Å². The van der Waals surface area contributed by atoms with Gasteiger partial charge < -0.3 is 18.6 Å². The second-order valence-electron chi connectivity index (χ2n) is 4.90. The van der Waals surface area contributed by atoms with Crippen molar-refractivity contribution in [2.45, 2.75) is 26.4 Å². The van der Waals surface area contributed by atoms with Crippen molar-refractivity contribution in [3.63, 3.8) is 0 Å². The Morgan fingerprint density at radius 3 is 2.82 bits per heavy atom. The van der Waals surface area contributed by atoms with Crippen LogP contribution >= 0.6 is 0 Å². The predicted molar refractivity (Wildman–Crippen MR) is 81.7 cm³/mol. The van der Waals surface area contributed by atoms with Crippen LogP contribution in [-0.4, -0.2) is 29.0 Å². The molecule has 0 fully saturated rings. The third-order valence-corrected chi connectivity index (χ3v) is 3.28. The zero-order valence-electron chi connectivity index (χ0n) is 12.8. The Labute approximate surface area is 128 Å². The maximum atomic E-state index is 12.5. The van der Waals surface area contributed by atoms with Gasteiger partial charge in [0, 0.05) is 12.7 Å². The van der Waals surface area contributed by atoms with Crippen molar-refractivity contribution in [2.24, 2.45) is 0 Å². The number of ether oxygens (including phenoxy) is 1. The fraction of sp³-hybridized carbons (Fsp3) is 0.375. The molecule has 0 N–H and O–H groups in total. The summed E-state index contributed by atoms with van der Waals surface area (Å²) in [5.41, 5.74) is -0.312. The third kappa shape index (κ3) is 3.78. The van der Waals surface area contributed by atoms with Gasteiger partial charge in [-0.1, -0.05) is 6.92 Å². The van der Waals surface area contributed by atoms with Gasteiger partial charge in [-0.2, -0.15) is 0 Å². The quantitative estimate of drug-likeness (QED) is 0.783. The maximum absolute atomic E-state index is 12.5. The lowest BCUT2D eigenvalue weighted by Gasteiger charge is -2.21. The van der Waals surface area contributed by atoms with E-state index in [9.17, 15) is 9.59 Å². The van der Waals surface area contributed by atoms with Crippen molar-refractivity contribution >= 4 is 5.91 Å². The molecule has 2 rings (SSSR count). The molecule has 6 nitrogen and oxygen atoms in total. The van der Waals surface area contributed by atoms with E-state index < -0.39 is 0 Å². The summed E-state index contributed by atoms with van der Waals surface area (Å²) in [6.07, 6.45) is 4.00. The number of hydrogen-bond donors (Lipinski definition) is 0. The maximum Gasteiger partial charge on any atom is 0.293 e. The molecule has 0 aliphatic heterocycles. The molecule has 6 heteroatoms. The molecule has 22 heavy (non-hydrogen) atoms. The lowest BCUT2D eigenvalue weighted by Crippen LogP contribution is -2.36. The molecule has 0 spiro atoms. The minimum atomic E-state index is -0.312. The predicted octanol–water partition coefficient (Wildman–Crippen LogP) is 1.89. The molecule has 2 aromatic heterocycles. The molecule has 0 bridgehead atoms. The van der Waals surface area contributed by atoms with Crippen LogP contribution in [0.25, 0.3) is 0 Å². The van der Waals surface area contributed by atoms with Crippen molar-refractivity contribution in [1.29, 1.82) is 0 Å². The zero-order chi connectivity index (χ0) is 15.9.